The quantitative estimate of drug-likeness (QED) is 0.863. The monoisotopic (exact) mass is 288 g/mol. The van der Waals surface area contributed by atoms with Crippen LogP contribution in [0.5, 0.6) is 0 Å². The van der Waals surface area contributed by atoms with E-state index in [9.17, 15) is 4.79 Å². The molecule has 2 aromatic heterocycles. The van der Waals surface area contributed by atoms with Crippen molar-refractivity contribution in [3.05, 3.63) is 41.7 Å². The number of aromatic nitrogens is 1. The lowest BCUT2D eigenvalue weighted by Gasteiger charge is -2.33. The first-order valence-electron chi connectivity index (χ1n) is 7.49. The van der Waals surface area contributed by atoms with E-state index in [1.165, 1.54) is 19.3 Å². The van der Waals surface area contributed by atoms with E-state index in [1.54, 1.807) is 25.5 Å². The van der Waals surface area contributed by atoms with Gasteiger partial charge in [0, 0.05) is 24.2 Å². The van der Waals surface area contributed by atoms with Crippen molar-refractivity contribution in [1.82, 2.24) is 10.1 Å². The summed E-state index contributed by atoms with van der Waals surface area (Å²) in [5.41, 5.74) is 1.40. The highest BCUT2D eigenvalue weighted by Crippen LogP contribution is 2.25. The Morgan fingerprint density at radius 3 is 2.81 bits per heavy atom. The van der Waals surface area contributed by atoms with Crippen molar-refractivity contribution in [2.24, 2.45) is 0 Å². The normalized spacial score (nSPS) is 16.0. The fourth-order valence-corrected chi connectivity index (χ4v) is 2.95. The number of carbonyl (C=O) groups is 1. The van der Waals surface area contributed by atoms with Crippen LogP contribution in [0.3, 0.4) is 0 Å². The van der Waals surface area contributed by atoms with Gasteiger partial charge in [-0.15, -0.1) is 0 Å². The molecule has 0 unspecified atom stereocenters. The van der Waals surface area contributed by atoms with Gasteiger partial charge in [0.1, 0.15) is 5.76 Å². The summed E-state index contributed by atoms with van der Waals surface area (Å²) >= 11 is 0. The highest BCUT2D eigenvalue weighted by atomic mass is 16.5. The lowest BCUT2D eigenvalue weighted by molar-refractivity contribution is 0.0603. The Balaban J connectivity index is 1.81. The van der Waals surface area contributed by atoms with Gasteiger partial charge in [-0.2, -0.15) is 0 Å². The lowest BCUT2D eigenvalue weighted by Crippen LogP contribution is -2.41. The molecule has 3 rings (SSSR count). The van der Waals surface area contributed by atoms with Crippen LogP contribution in [0, 0.1) is 6.92 Å². The Kier molecular flexibility index (Phi) is 4.08. The summed E-state index contributed by atoms with van der Waals surface area (Å²) in [6, 6.07) is 3.88. The lowest BCUT2D eigenvalue weighted by atomic mass is 9.93. The number of amides is 1. The number of nitrogens with zero attached hydrogens (tertiary/aromatic N) is 2. The van der Waals surface area contributed by atoms with Gasteiger partial charge in [0.25, 0.3) is 5.91 Å². The number of hydrogen-bond donors (Lipinski definition) is 0. The minimum Gasteiger partial charge on any atom is -0.472 e. The van der Waals surface area contributed by atoms with Gasteiger partial charge >= 0.3 is 0 Å². The summed E-state index contributed by atoms with van der Waals surface area (Å²) in [7, 11) is 0. The molecule has 0 spiro atoms. The van der Waals surface area contributed by atoms with Crippen LogP contribution in [0.25, 0.3) is 0 Å². The molecule has 1 saturated carbocycles. The molecular formula is C16H20N2O3. The van der Waals surface area contributed by atoms with Crippen molar-refractivity contribution >= 4 is 5.91 Å². The Morgan fingerprint density at radius 1 is 1.38 bits per heavy atom. The second-order valence-corrected chi connectivity index (χ2v) is 5.68. The van der Waals surface area contributed by atoms with E-state index in [1.807, 2.05) is 11.0 Å². The summed E-state index contributed by atoms with van der Waals surface area (Å²) < 4.78 is 10.2. The third-order valence-electron chi connectivity index (χ3n) is 4.06. The molecule has 0 aliphatic heterocycles. The summed E-state index contributed by atoms with van der Waals surface area (Å²) in [6.07, 6.45) is 9.06. The minimum absolute atomic E-state index is 0.0556. The summed E-state index contributed by atoms with van der Waals surface area (Å²) in [4.78, 5) is 14.7. The number of rotatable bonds is 4. The Labute approximate surface area is 123 Å². The molecule has 5 nitrogen and oxygen atoms in total. The van der Waals surface area contributed by atoms with Crippen molar-refractivity contribution in [2.75, 3.05) is 0 Å². The second-order valence-electron chi connectivity index (χ2n) is 5.68. The van der Waals surface area contributed by atoms with Crippen molar-refractivity contribution in [3.8, 4) is 0 Å². The smallest absolute Gasteiger partial charge is 0.276 e. The van der Waals surface area contributed by atoms with Crippen molar-refractivity contribution in [1.29, 1.82) is 0 Å². The topological polar surface area (TPSA) is 59.5 Å². The standard InChI is InChI=1S/C16H20N2O3/c1-12-9-15(17-21-12)16(19)18(10-13-7-8-20-11-13)14-5-3-2-4-6-14/h7-9,11,14H,2-6,10H2,1H3. The van der Waals surface area contributed by atoms with E-state index in [0.29, 0.717) is 18.0 Å². The number of carbonyl (C=O) groups excluding carboxylic acids is 1. The molecule has 0 atom stereocenters. The maximum absolute atomic E-state index is 12.8. The Bertz CT molecular complexity index is 582. The maximum Gasteiger partial charge on any atom is 0.276 e. The van der Waals surface area contributed by atoms with Crippen LogP contribution in [-0.2, 0) is 6.54 Å². The zero-order valence-corrected chi connectivity index (χ0v) is 12.2. The van der Waals surface area contributed by atoms with E-state index in [4.69, 9.17) is 8.94 Å². The highest BCUT2D eigenvalue weighted by molar-refractivity contribution is 5.92. The Hall–Kier alpha value is -2.04. The highest BCUT2D eigenvalue weighted by Gasteiger charge is 2.28. The van der Waals surface area contributed by atoms with Gasteiger partial charge in [0.05, 0.1) is 12.5 Å². The molecule has 112 valence electrons. The minimum atomic E-state index is -0.0556. The van der Waals surface area contributed by atoms with Gasteiger partial charge < -0.3 is 13.8 Å². The van der Waals surface area contributed by atoms with Gasteiger partial charge in [-0.1, -0.05) is 24.4 Å². The fraction of sp³-hybridized carbons (Fsp3) is 0.500. The van der Waals surface area contributed by atoms with Gasteiger partial charge in [-0.05, 0) is 25.8 Å². The van der Waals surface area contributed by atoms with Crippen molar-refractivity contribution in [2.45, 2.75) is 51.6 Å². The van der Waals surface area contributed by atoms with Crippen LogP contribution >= 0.6 is 0 Å². The van der Waals surface area contributed by atoms with Crippen LogP contribution in [0.4, 0.5) is 0 Å². The van der Waals surface area contributed by atoms with Crippen molar-refractivity contribution in [3.63, 3.8) is 0 Å². The van der Waals surface area contributed by atoms with E-state index < -0.39 is 0 Å². The SMILES string of the molecule is Cc1cc(C(=O)N(Cc2ccoc2)C2CCCCC2)no1. The maximum atomic E-state index is 12.8. The molecule has 1 aliphatic carbocycles. The van der Waals surface area contributed by atoms with Crippen LogP contribution in [-0.4, -0.2) is 22.0 Å². The predicted molar refractivity (Wildman–Crippen MR) is 76.7 cm³/mol. The van der Waals surface area contributed by atoms with Crippen LogP contribution < -0.4 is 0 Å². The fourth-order valence-electron chi connectivity index (χ4n) is 2.95. The molecule has 2 heterocycles. The zero-order valence-electron chi connectivity index (χ0n) is 12.2. The van der Waals surface area contributed by atoms with Gasteiger partial charge in [0.2, 0.25) is 0 Å². The van der Waals surface area contributed by atoms with E-state index in [2.05, 4.69) is 5.16 Å². The molecule has 0 N–H and O–H groups in total. The average Bonchev–Trinajstić information content (AvgIpc) is 3.16. The van der Waals surface area contributed by atoms with Gasteiger partial charge in [-0.3, -0.25) is 4.79 Å². The second kappa shape index (κ2) is 6.16. The molecule has 5 heteroatoms. The van der Waals surface area contributed by atoms with Crippen LogP contribution in [0.2, 0.25) is 0 Å². The van der Waals surface area contributed by atoms with Crippen molar-refractivity contribution < 1.29 is 13.7 Å². The predicted octanol–water partition coefficient (Wildman–Crippen LogP) is 3.55. The molecule has 2 aromatic rings. The molecule has 1 amide bonds. The molecule has 1 fully saturated rings. The van der Waals surface area contributed by atoms with E-state index in [0.717, 1.165) is 18.4 Å². The summed E-state index contributed by atoms with van der Waals surface area (Å²) in [5.74, 6) is 0.602. The van der Waals surface area contributed by atoms with Crippen LogP contribution in [0.15, 0.2) is 33.6 Å². The molecule has 1 aliphatic rings. The summed E-state index contributed by atoms with van der Waals surface area (Å²) in [6.45, 7) is 2.36. The van der Waals surface area contributed by atoms with E-state index >= 15 is 0 Å². The van der Waals surface area contributed by atoms with Gasteiger partial charge in [0.15, 0.2) is 5.69 Å². The van der Waals surface area contributed by atoms with Gasteiger partial charge in [-0.25, -0.2) is 0 Å². The zero-order chi connectivity index (χ0) is 14.7. The molecule has 0 saturated heterocycles. The molecular weight excluding hydrogens is 268 g/mol. The first-order valence-corrected chi connectivity index (χ1v) is 7.49. The summed E-state index contributed by atoms with van der Waals surface area (Å²) in [5, 5.41) is 3.87. The Morgan fingerprint density at radius 2 is 2.19 bits per heavy atom. The first-order chi connectivity index (χ1) is 10.2. The molecule has 0 radical (unpaired) electrons. The number of hydrogen-bond acceptors (Lipinski definition) is 4. The number of aryl methyl sites for hydroxylation is 1. The molecule has 21 heavy (non-hydrogen) atoms. The number of furan rings is 1. The molecule has 0 bridgehead atoms. The molecule has 0 aromatic carbocycles. The average molecular weight is 288 g/mol. The third-order valence-corrected chi connectivity index (χ3v) is 4.06. The van der Waals surface area contributed by atoms with E-state index in [-0.39, 0.29) is 11.9 Å². The largest absolute Gasteiger partial charge is 0.472 e. The van der Waals surface area contributed by atoms with Crippen LogP contribution in [0.1, 0.15) is 53.9 Å². The first kappa shape index (κ1) is 13.9. The third kappa shape index (κ3) is 3.17.